The molecule has 0 bridgehead atoms. The molecule has 0 atom stereocenters. The SMILES string of the molecule is CC(C)N(C)C(=O)c1cccn1C. The maximum atomic E-state index is 11.8. The zero-order chi connectivity index (χ0) is 10.0. The van der Waals surface area contributed by atoms with E-state index in [4.69, 9.17) is 0 Å². The van der Waals surface area contributed by atoms with Crippen LogP contribution in [0.5, 0.6) is 0 Å². The van der Waals surface area contributed by atoms with Gasteiger partial charge in [0.05, 0.1) is 0 Å². The van der Waals surface area contributed by atoms with Crippen LogP contribution in [0.3, 0.4) is 0 Å². The lowest BCUT2D eigenvalue weighted by atomic mass is 10.3. The van der Waals surface area contributed by atoms with Crippen LogP contribution in [-0.4, -0.2) is 28.5 Å². The minimum absolute atomic E-state index is 0.0718. The number of hydrogen-bond donors (Lipinski definition) is 0. The molecular weight excluding hydrogens is 164 g/mol. The van der Waals surface area contributed by atoms with Gasteiger partial charge in [-0.1, -0.05) is 0 Å². The summed E-state index contributed by atoms with van der Waals surface area (Å²) in [6.45, 7) is 4.00. The topological polar surface area (TPSA) is 25.2 Å². The van der Waals surface area contributed by atoms with E-state index in [2.05, 4.69) is 0 Å². The summed E-state index contributed by atoms with van der Waals surface area (Å²) in [5.74, 6) is 0.0718. The molecule has 1 heterocycles. The Morgan fingerprint density at radius 2 is 2.15 bits per heavy atom. The van der Waals surface area contributed by atoms with E-state index < -0.39 is 0 Å². The number of amides is 1. The average Bonchev–Trinajstić information content (AvgIpc) is 2.48. The Bertz CT molecular complexity index is 302. The Kier molecular flexibility index (Phi) is 2.76. The van der Waals surface area contributed by atoms with E-state index in [1.807, 2.05) is 50.8 Å². The van der Waals surface area contributed by atoms with Gasteiger partial charge in [-0.05, 0) is 26.0 Å². The number of nitrogens with zero attached hydrogens (tertiary/aromatic N) is 2. The monoisotopic (exact) mass is 180 g/mol. The Balaban J connectivity index is 2.86. The van der Waals surface area contributed by atoms with Gasteiger partial charge in [-0.25, -0.2) is 0 Å². The first kappa shape index (κ1) is 9.84. The molecule has 0 aromatic carbocycles. The van der Waals surface area contributed by atoms with Crippen LogP contribution in [0.25, 0.3) is 0 Å². The summed E-state index contributed by atoms with van der Waals surface area (Å²) in [6, 6.07) is 3.95. The van der Waals surface area contributed by atoms with E-state index in [0.29, 0.717) is 0 Å². The number of hydrogen-bond acceptors (Lipinski definition) is 1. The van der Waals surface area contributed by atoms with E-state index in [1.165, 1.54) is 0 Å². The largest absolute Gasteiger partial charge is 0.347 e. The first-order valence-corrected chi connectivity index (χ1v) is 4.42. The van der Waals surface area contributed by atoms with Crippen molar-refractivity contribution in [3.05, 3.63) is 24.0 Å². The van der Waals surface area contributed by atoms with E-state index in [9.17, 15) is 4.79 Å². The molecule has 13 heavy (non-hydrogen) atoms. The third-order valence-electron chi connectivity index (χ3n) is 2.26. The van der Waals surface area contributed by atoms with Crippen LogP contribution in [0.2, 0.25) is 0 Å². The summed E-state index contributed by atoms with van der Waals surface area (Å²) in [7, 11) is 3.70. The zero-order valence-electron chi connectivity index (χ0n) is 8.61. The minimum atomic E-state index is 0.0718. The van der Waals surface area contributed by atoms with Gasteiger partial charge in [0.2, 0.25) is 0 Å². The van der Waals surface area contributed by atoms with E-state index in [1.54, 1.807) is 4.90 Å². The Morgan fingerprint density at radius 3 is 2.54 bits per heavy atom. The van der Waals surface area contributed by atoms with Crippen molar-refractivity contribution in [3.8, 4) is 0 Å². The molecule has 0 aliphatic heterocycles. The maximum absolute atomic E-state index is 11.8. The standard InChI is InChI=1S/C10H16N2O/c1-8(2)12(4)10(13)9-6-5-7-11(9)3/h5-8H,1-4H3. The number of aryl methyl sites for hydroxylation is 1. The molecular formula is C10H16N2O. The summed E-state index contributed by atoms with van der Waals surface area (Å²) in [6.07, 6.45) is 1.88. The van der Waals surface area contributed by atoms with Crippen molar-refractivity contribution in [3.63, 3.8) is 0 Å². The summed E-state index contributed by atoms with van der Waals surface area (Å²) in [5, 5.41) is 0. The van der Waals surface area contributed by atoms with Gasteiger partial charge < -0.3 is 9.47 Å². The lowest BCUT2D eigenvalue weighted by Gasteiger charge is -2.21. The first-order valence-electron chi connectivity index (χ1n) is 4.42. The molecule has 0 unspecified atom stereocenters. The molecule has 3 heteroatoms. The lowest BCUT2D eigenvalue weighted by Crippen LogP contribution is -2.34. The van der Waals surface area contributed by atoms with Crippen LogP contribution < -0.4 is 0 Å². The van der Waals surface area contributed by atoms with Gasteiger partial charge in [0, 0.05) is 26.3 Å². The van der Waals surface area contributed by atoms with Crippen molar-refractivity contribution >= 4 is 5.91 Å². The second-order valence-corrected chi connectivity index (χ2v) is 3.51. The van der Waals surface area contributed by atoms with Crippen LogP contribution in [0, 0.1) is 0 Å². The molecule has 0 aliphatic carbocycles. The van der Waals surface area contributed by atoms with E-state index >= 15 is 0 Å². The molecule has 72 valence electrons. The summed E-state index contributed by atoms with van der Waals surface area (Å²) < 4.78 is 1.83. The third kappa shape index (κ3) is 1.91. The summed E-state index contributed by atoms with van der Waals surface area (Å²) in [4.78, 5) is 13.5. The fourth-order valence-corrected chi connectivity index (χ4v) is 1.10. The molecule has 0 aliphatic rings. The Hall–Kier alpha value is -1.25. The highest BCUT2D eigenvalue weighted by atomic mass is 16.2. The number of rotatable bonds is 2. The van der Waals surface area contributed by atoms with Gasteiger partial charge in [-0.3, -0.25) is 4.79 Å². The molecule has 3 nitrogen and oxygen atoms in total. The molecule has 0 N–H and O–H groups in total. The lowest BCUT2D eigenvalue weighted by molar-refractivity contribution is 0.0745. The molecule has 0 radical (unpaired) electrons. The highest BCUT2D eigenvalue weighted by molar-refractivity contribution is 5.92. The Morgan fingerprint density at radius 1 is 1.54 bits per heavy atom. The summed E-state index contributed by atoms with van der Waals surface area (Å²) in [5.41, 5.74) is 0.733. The van der Waals surface area contributed by atoms with Crippen LogP contribution in [-0.2, 0) is 7.05 Å². The van der Waals surface area contributed by atoms with Crippen molar-refractivity contribution in [2.45, 2.75) is 19.9 Å². The van der Waals surface area contributed by atoms with Crippen LogP contribution in [0.1, 0.15) is 24.3 Å². The predicted molar refractivity (Wildman–Crippen MR) is 52.6 cm³/mol. The van der Waals surface area contributed by atoms with Crippen molar-refractivity contribution < 1.29 is 4.79 Å². The number of carbonyl (C=O) groups excluding carboxylic acids is 1. The van der Waals surface area contributed by atoms with Crippen molar-refractivity contribution in [1.29, 1.82) is 0 Å². The maximum Gasteiger partial charge on any atom is 0.270 e. The fourth-order valence-electron chi connectivity index (χ4n) is 1.10. The minimum Gasteiger partial charge on any atom is -0.347 e. The van der Waals surface area contributed by atoms with Crippen LogP contribution >= 0.6 is 0 Å². The van der Waals surface area contributed by atoms with Gasteiger partial charge >= 0.3 is 0 Å². The van der Waals surface area contributed by atoms with Crippen LogP contribution in [0.4, 0.5) is 0 Å². The van der Waals surface area contributed by atoms with Crippen molar-refractivity contribution in [1.82, 2.24) is 9.47 Å². The summed E-state index contributed by atoms with van der Waals surface area (Å²) >= 11 is 0. The van der Waals surface area contributed by atoms with Gasteiger partial charge in [-0.2, -0.15) is 0 Å². The van der Waals surface area contributed by atoms with Gasteiger partial charge in [-0.15, -0.1) is 0 Å². The fraction of sp³-hybridized carbons (Fsp3) is 0.500. The second kappa shape index (κ2) is 3.64. The van der Waals surface area contributed by atoms with Gasteiger partial charge in [0.15, 0.2) is 0 Å². The molecule has 1 aromatic rings. The first-order chi connectivity index (χ1) is 6.04. The van der Waals surface area contributed by atoms with Crippen molar-refractivity contribution in [2.75, 3.05) is 7.05 Å². The quantitative estimate of drug-likeness (QED) is 0.677. The average molecular weight is 180 g/mol. The number of carbonyl (C=O) groups is 1. The predicted octanol–water partition coefficient (Wildman–Crippen LogP) is 1.51. The molecule has 1 aromatic heterocycles. The molecule has 0 spiro atoms. The molecule has 1 rings (SSSR count). The van der Waals surface area contributed by atoms with Gasteiger partial charge in [0.25, 0.3) is 5.91 Å². The number of aromatic nitrogens is 1. The smallest absolute Gasteiger partial charge is 0.270 e. The van der Waals surface area contributed by atoms with Gasteiger partial charge in [0.1, 0.15) is 5.69 Å². The van der Waals surface area contributed by atoms with Crippen molar-refractivity contribution in [2.24, 2.45) is 7.05 Å². The molecule has 0 fully saturated rings. The molecule has 0 saturated carbocycles. The van der Waals surface area contributed by atoms with E-state index in [-0.39, 0.29) is 11.9 Å². The zero-order valence-corrected chi connectivity index (χ0v) is 8.61. The molecule has 0 saturated heterocycles. The molecule has 1 amide bonds. The van der Waals surface area contributed by atoms with Crippen LogP contribution in [0.15, 0.2) is 18.3 Å². The Labute approximate surface area is 79.0 Å². The normalized spacial score (nSPS) is 10.5. The highest BCUT2D eigenvalue weighted by Crippen LogP contribution is 2.06. The second-order valence-electron chi connectivity index (χ2n) is 3.51. The third-order valence-corrected chi connectivity index (χ3v) is 2.26. The van der Waals surface area contributed by atoms with E-state index in [0.717, 1.165) is 5.69 Å². The highest BCUT2D eigenvalue weighted by Gasteiger charge is 2.15.